The lowest BCUT2D eigenvalue weighted by molar-refractivity contribution is -0.0756. The summed E-state index contributed by atoms with van der Waals surface area (Å²) in [4.78, 5) is 0. The van der Waals surface area contributed by atoms with E-state index in [0.717, 1.165) is 25.2 Å². The quantitative estimate of drug-likeness (QED) is 0.705. The van der Waals surface area contributed by atoms with E-state index >= 15 is 0 Å². The molecule has 1 heterocycles. The number of hydrogen-bond acceptors (Lipinski definition) is 3. The second kappa shape index (κ2) is 3.94. The van der Waals surface area contributed by atoms with Crippen molar-refractivity contribution < 1.29 is 5.11 Å². The topological polar surface area (TPSA) is 58.3 Å². The Bertz CT molecular complexity index is 279. The molecule has 1 saturated heterocycles. The van der Waals surface area contributed by atoms with Crippen LogP contribution >= 0.6 is 0 Å². The number of hydrogen-bond donors (Lipinski definition) is 3. The van der Waals surface area contributed by atoms with Gasteiger partial charge in [-0.3, -0.25) is 0 Å². The molecule has 1 atom stereocenters. The summed E-state index contributed by atoms with van der Waals surface area (Å²) in [6.45, 7) is 8.62. The molecule has 1 aliphatic heterocycles. The van der Waals surface area contributed by atoms with Gasteiger partial charge in [-0.1, -0.05) is 12.8 Å². The fourth-order valence-electron chi connectivity index (χ4n) is 3.79. The summed E-state index contributed by atoms with van der Waals surface area (Å²) in [5.74, 6) is 0.773. The first-order valence-corrected chi connectivity index (χ1v) is 6.89. The molecule has 3 heteroatoms. The maximum Gasteiger partial charge on any atom is 0.0832 e. The van der Waals surface area contributed by atoms with E-state index in [1.807, 2.05) is 0 Å². The van der Waals surface area contributed by atoms with Gasteiger partial charge < -0.3 is 16.2 Å². The zero-order valence-electron chi connectivity index (χ0n) is 11.7. The molecule has 4 N–H and O–H groups in total. The molecule has 17 heavy (non-hydrogen) atoms. The third-order valence-corrected chi connectivity index (χ3v) is 4.15. The standard InChI is InChI=1S/C14H28N2O/c1-12(2)8-14(17,9-13(3,4)16-12)11(15)7-10-5-6-10/h10-11,16-17H,5-9,15H2,1-4H3. The summed E-state index contributed by atoms with van der Waals surface area (Å²) in [5, 5.41) is 14.5. The van der Waals surface area contributed by atoms with Gasteiger partial charge in [-0.2, -0.15) is 0 Å². The predicted molar refractivity (Wildman–Crippen MR) is 70.8 cm³/mol. The van der Waals surface area contributed by atoms with E-state index in [1.54, 1.807) is 0 Å². The van der Waals surface area contributed by atoms with Gasteiger partial charge in [0.25, 0.3) is 0 Å². The van der Waals surface area contributed by atoms with Gasteiger partial charge in [0.2, 0.25) is 0 Å². The lowest BCUT2D eigenvalue weighted by Crippen LogP contribution is -2.67. The third kappa shape index (κ3) is 3.21. The molecule has 0 aromatic carbocycles. The van der Waals surface area contributed by atoms with Crippen LogP contribution in [0.4, 0.5) is 0 Å². The van der Waals surface area contributed by atoms with Crippen molar-refractivity contribution in [3.63, 3.8) is 0 Å². The van der Waals surface area contributed by atoms with Crippen LogP contribution in [0.25, 0.3) is 0 Å². The summed E-state index contributed by atoms with van der Waals surface area (Å²) in [6.07, 6.45) is 5.08. The Morgan fingerprint density at radius 1 is 1.18 bits per heavy atom. The Kier molecular flexibility index (Phi) is 3.08. The first-order chi connectivity index (χ1) is 7.62. The molecule has 0 aromatic rings. The maximum absolute atomic E-state index is 10.9. The lowest BCUT2D eigenvalue weighted by Gasteiger charge is -2.52. The summed E-state index contributed by atoms with van der Waals surface area (Å²) in [6, 6.07) is -0.0735. The molecule has 1 saturated carbocycles. The predicted octanol–water partition coefficient (Wildman–Crippen LogP) is 1.79. The van der Waals surface area contributed by atoms with Gasteiger partial charge in [-0.25, -0.2) is 0 Å². The summed E-state index contributed by atoms with van der Waals surface area (Å²) < 4.78 is 0. The molecule has 2 rings (SSSR count). The van der Waals surface area contributed by atoms with Crippen LogP contribution in [-0.4, -0.2) is 27.8 Å². The minimum atomic E-state index is -0.707. The second-order valence-electron chi connectivity index (χ2n) is 7.64. The third-order valence-electron chi connectivity index (χ3n) is 4.15. The Labute approximate surface area is 105 Å². The molecule has 100 valence electrons. The van der Waals surface area contributed by atoms with E-state index in [1.165, 1.54) is 12.8 Å². The highest BCUT2D eigenvalue weighted by Gasteiger charge is 2.49. The van der Waals surface area contributed by atoms with E-state index in [0.29, 0.717) is 0 Å². The Hall–Kier alpha value is -0.120. The molecular formula is C14H28N2O. The first kappa shape index (κ1) is 13.3. The van der Waals surface area contributed by atoms with Crippen LogP contribution in [-0.2, 0) is 0 Å². The fourth-order valence-corrected chi connectivity index (χ4v) is 3.79. The highest BCUT2D eigenvalue weighted by atomic mass is 16.3. The Balaban J connectivity index is 2.10. The molecular weight excluding hydrogens is 212 g/mol. The molecule has 0 bridgehead atoms. The molecule has 0 spiro atoms. The van der Waals surface area contributed by atoms with Crippen molar-refractivity contribution in [3.05, 3.63) is 0 Å². The number of nitrogens with two attached hydrogens (primary N) is 1. The van der Waals surface area contributed by atoms with Crippen LogP contribution in [0.5, 0.6) is 0 Å². The Morgan fingerprint density at radius 2 is 1.65 bits per heavy atom. The van der Waals surface area contributed by atoms with Gasteiger partial charge in [0, 0.05) is 17.1 Å². The minimum absolute atomic E-state index is 0.0440. The van der Waals surface area contributed by atoms with Crippen molar-refractivity contribution in [3.8, 4) is 0 Å². The van der Waals surface area contributed by atoms with Crippen molar-refractivity contribution in [1.29, 1.82) is 0 Å². The van der Waals surface area contributed by atoms with Gasteiger partial charge in [0.05, 0.1) is 5.60 Å². The van der Waals surface area contributed by atoms with Gasteiger partial charge in [0.15, 0.2) is 0 Å². The lowest BCUT2D eigenvalue weighted by atomic mass is 9.69. The number of nitrogens with one attached hydrogen (secondary N) is 1. The monoisotopic (exact) mass is 240 g/mol. The van der Waals surface area contributed by atoms with Crippen LogP contribution in [0.2, 0.25) is 0 Å². The number of piperidine rings is 1. The second-order valence-corrected chi connectivity index (χ2v) is 7.64. The molecule has 1 aliphatic carbocycles. The van der Waals surface area contributed by atoms with Crippen molar-refractivity contribution >= 4 is 0 Å². The summed E-state index contributed by atoms with van der Waals surface area (Å²) >= 11 is 0. The van der Waals surface area contributed by atoms with Gasteiger partial charge >= 0.3 is 0 Å². The van der Waals surface area contributed by atoms with E-state index in [9.17, 15) is 5.11 Å². The number of aliphatic hydroxyl groups is 1. The van der Waals surface area contributed by atoms with Crippen molar-refractivity contribution in [2.45, 2.75) is 82.5 Å². The van der Waals surface area contributed by atoms with E-state index in [4.69, 9.17) is 5.73 Å². The Morgan fingerprint density at radius 3 is 2.06 bits per heavy atom. The average Bonchev–Trinajstić information content (AvgIpc) is 2.80. The maximum atomic E-state index is 10.9. The van der Waals surface area contributed by atoms with E-state index in [2.05, 4.69) is 33.0 Å². The molecule has 0 radical (unpaired) electrons. The van der Waals surface area contributed by atoms with E-state index in [-0.39, 0.29) is 17.1 Å². The van der Waals surface area contributed by atoms with Gasteiger partial charge in [-0.15, -0.1) is 0 Å². The van der Waals surface area contributed by atoms with Crippen LogP contribution < -0.4 is 11.1 Å². The molecule has 1 unspecified atom stereocenters. The van der Waals surface area contributed by atoms with Crippen LogP contribution in [0.15, 0.2) is 0 Å². The molecule has 0 aromatic heterocycles. The van der Waals surface area contributed by atoms with Gasteiger partial charge in [0.1, 0.15) is 0 Å². The normalized spacial score (nSPS) is 32.1. The largest absolute Gasteiger partial charge is 0.388 e. The smallest absolute Gasteiger partial charge is 0.0832 e. The first-order valence-electron chi connectivity index (χ1n) is 6.89. The zero-order valence-corrected chi connectivity index (χ0v) is 11.7. The van der Waals surface area contributed by atoms with Crippen LogP contribution in [0, 0.1) is 5.92 Å². The molecule has 3 nitrogen and oxygen atoms in total. The van der Waals surface area contributed by atoms with Gasteiger partial charge in [-0.05, 0) is 52.9 Å². The minimum Gasteiger partial charge on any atom is -0.388 e. The van der Waals surface area contributed by atoms with E-state index < -0.39 is 5.60 Å². The fraction of sp³-hybridized carbons (Fsp3) is 1.00. The SMILES string of the molecule is CC1(C)CC(O)(C(N)CC2CC2)CC(C)(C)N1. The molecule has 2 aliphatic rings. The molecule has 0 amide bonds. The molecule has 2 fully saturated rings. The van der Waals surface area contributed by atoms with Crippen molar-refractivity contribution in [2.75, 3.05) is 0 Å². The summed E-state index contributed by atoms with van der Waals surface area (Å²) in [5.41, 5.74) is 5.49. The van der Waals surface area contributed by atoms with Crippen LogP contribution in [0.1, 0.15) is 59.8 Å². The van der Waals surface area contributed by atoms with Crippen molar-refractivity contribution in [2.24, 2.45) is 11.7 Å². The zero-order chi connectivity index (χ0) is 12.9. The summed E-state index contributed by atoms with van der Waals surface area (Å²) in [7, 11) is 0. The average molecular weight is 240 g/mol. The van der Waals surface area contributed by atoms with Crippen molar-refractivity contribution in [1.82, 2.24) is 5.32 Å². The van der Waals surface area contributed by atoms with Crippen LogP contribution in [0.3, 0.4) is 0 Å². The highest BCUT2D eigenvalue weighted by molar-refractivity contribution is 5.08. The number of rotatable bonds is 3. The highest BCUT2D eigenvalue weighted by Crippen LogP contribution is 2.42.